The molecule has 32 heavy (non-hydrogen) atoms. The zero-order valence-corrected chi connectivity index (χ0v) is 18.9. The molecule has 172 valence electrons. The highest BCUT2D eigenvalue weighted by molar-refractivity contribution is 5.78. The minimum Gasteiger partial charge on any atom is -0.497 e. The molecule has 2 aromatic rings. The number of pyridine rings is 1. The van der Waals surface area contributed by atoms with E-state index >= 15 is 0 Å². The number of rotatable bonds is 10. The fourth-order valence-electron chi connectivity index (χ4n) is 4.72. The van der Waals surface area contributed by atoms with Crippen LogP contribution in [0.15, 0.2) is 48.8 Å². The second-order valence-corrected chi connectivity index (χ2v) is 8.50. The molecule has 2 atom stereocenters. The van der Waals surface area contributed by atoms with Gasteiger partial charge in [-0.2, -0.15) is 0 Å². The molecule has 0 radical (unpaired) electrons. The van der Waals surface area contributed by atoms with E-state index in [9.17, 15) is 4.79 Å². The summed E-state index contributed by atoms with van der Waals surface area (Å²) in [6.07, 6.45) is 6.23. The Balaban J connectivity index is 1.35. The maximum absolute atomic E-state index is 12.8. The molecular weight excluding hydrogens is 404 g/mol. The molecule has 1 aromatic carbocycles. The van der Waals surface area contributed by atoms with E-state index in [1.54, 1.807) is 7.11 Å². The van der Waals surface area contributed by atoms with E-state index < -0.39 is 0 Å². The van der Waals surface area contributed by atoms with Crippen LogP contribution >= 0.6 is 0 Å². The summed E-state index contributed by atoms with van der Waals surface area (Å²) in [5.41, 5.74) is 2.42. The molecule has 2 aliphatic rings. The molecule has 7 heteroatoms. The van der Waals surface area contributed by atoms with Gasteiger partial charge in [0.15, 0.2) is 0 Å². The molecule has 0 aliphatic carbocycles. The van der Waals surface area contributed by atoms with E-state index in [0.29, 0.717) is 6.42 Å². The predicted molar refractivity (Wildman–Crippen MR) is 123 cm³/mol. The van der Waals surface area contributed by atoms with Crippen molar-refractivity contribution in [1.82, 2.24) is 20.1 Å². The summed E-state index contributed by atoms with van der Waals surface area (Å²) in [5, 5.41) is 3.53. The minimum absolute atomic E-state index is 0.177. The van der Waals surface area contributed by atoms with Gasteiger partial charge in [0.05, 0.1) is 26.4 Å². The van der Waals surface area contributed by atoms with Crippen molar-refractivity contribution in [1.29, 1.82) is 0 Å². The Bertz CT molecular complexity index is 857. The number of carbonyl (C=O) groups excluding carboxylic acids is 1. The Morgan fingerprint density at radius 3 is 2.81 bits per heavy atom. The second-order valence-electron chi connectivity index (χ2n) is 8.50. The van der Waals surface area contributed by atoms with Crippen molar-refractivity contribution < 1.29 is 14.3 Å². The highest BCUT2D eigenvalue weighted by atomic mass is 16.5. The zero-order valence-electron chi connectivity index (χ0n) is 18.9. The van der Waals surface area contributed by atoms with Crippen LogP contribution in [0.5, 0.6) is 5.75 Å². The van der Waals surface area contributed by atoms with Gasteiger partial charge in [-0.3, -0.25) is 14.7 Å². The van der Waals surface area contributed by atoms with Crippen LogP contribution in [0.25, 0.3) is 0 Å². The van der Waals surface area contributed by atoms with Crippen molar-refractivity contribution in [3.05, 3.63) is 59.9 Å². The first-order chi connectivity index (χ1) is 15.7. The number of benzene rings is 1. The summed E-state index contributed by atoms with van der Waals surface area (Å²) in [6, 6.07) is 12.7. The monoisotopic (exact) mass is 438 g/mol. The van der Waals surface area contributed by atoms with Gasteiger partial charge in [0.2, 0.25) is 5.91 Å². The second kappa shape index (κ2) is 11.4. The number of ether oxygens (including phenoxy) is 2. The molecule has 1 amide bonds. The third-order valence-corrected chi connectivity index (χ3v) is 6.52. The first kappa shape index (κ1) is 22.7. The maximum Gasteiger partial charge on any atom is 0.222 e. The summed E-state index contributed by atoms with van der Waals surface area (Å²) in [5.74, 6) is 1.15. The molecule has 2 fully saturated rings. The van der Waals surface area contributed by atoms with Gasteiger partial charge in [0.1, 0.15) is 5.75 Å². The van der Waals surface area contributed by atoms with E-state index in [-0.39, 0.29) is 18.0 Å². The normalized spacial score (nSPS) is 20.5. The van der Waals surface area contributed by atoms with Crippen LogP contribution in [0.2, 0.25) is 0 Å². The Hall–Kier alpha value is -2.48. The fourth-order valence-corrected chi connectivity index (χ4v) is 4.72. The number of hydrogen-bond acceptors (Lipinski definition) is 6. The molecule has 1 N–H and O–H groups in total. The van der Waals surface area contributed by atoms with Crippen LogP contribution in [-0.4, -0.2) is 73.2 Å². The van der Waals surface area contributed by atoms with Crippen molar-refractivity contribution in [3.63, 3.8) is 0 Å². The van der Waals surface area contributed by atoms with Crippen molar-refractivity contribution in [2.24, 2.45) is 0 Å². The lowest BCUT2D eigenvalue weighted by molar-refractivity contribution is -0.130. The highest BCUT2D eigenvalue weighted by Crippen LogP contribution is 2.28. The number of aromatic nitrogens is 1. The fraction of sp³-hybridized carbons (Fsp3) is 0.520. The third-order valence-electron chi connectivity index (χ3n) is 6.52. The van der Waals surface area contributed by atoms with E-state index in [1.165, 1.54) is 11.1 Å². The van der Waals surface area contributed by atoms with Crippen molar-refractivity contribution in [2.45, 2.75) is 37.9 Å². The SMILES string of the molecule is COc1cccc(CNCC[C@H]2CCC(=O)N2C[C@@H](c2ccncc2)N2CCOCC2)c1. The maximum atomic E-state index is 12.8. The predicted octanol–water partition coefficient (Wildman–Crippen LogP) is 2.63. The highest BCUT2D eigenvalue weighted by Gasteiger charge is 2.34. The number of carbonyl (C=O) groups is 1. The average molecular weight is 439 g/mol. The van der Waals surface area contributed by atoms with E-state index in [2.05, 4.69) is 44.4 Å². The van der Waals surface area contributed by atoms with E-state index in [0.717, 1.165) is 64.5 Å². The number of likely N-dealkylation sites (tertiary alicyclic amines) is 1. The Kier molecular flexibility index (Phi) is 8.09. The lowest BCUT2D eigenvalue weighted by atomic mass is 10.0. The zero-order chi connectivity index (χ0) is 22.2. The summed E-state index contributed by atoms with van der Waals surface area (Å²) in [4.78, 5) is 21.5. The van der Waals surface area contributed by atoms with Crippen LogP contribution in [0.4, 0.5) is 0 Å². The van der Waals surface area contributed by atoms with Gasteiger partial charge < -0.3 is 19.7 Å². The lowest BCUT2D eigenvalue weighted by Crippen LogP contribution is -2.46. The lowest BCUT2D eigenvalue weighted by Gasteiger charge is -2.38. The summed E-state index contributed by atoms with van der Waals surface area (Å²) >= 11 is 0. The molecule has 2 aliphatic heterocycles. The van der Waals surface area contributed by atoms with Crippen LogP contribution in [0.3, 0.4) is 0 Å². The first-order valence-corrected chi connectivity index (χ1v) is 11.6. The summed E-state index contributed by atoms with van der Waals surface area (Å²) in [6.45, 7) is 5.67. The molecule has 3 heterocycles. The smallest absolute Gasteiger partial charge is 0.222 e. The van der Waals surface area contributed by atoms with Crippen molar-refractivity contribution >= 4 is 5.91 Å². The van der Waals surface area contributed by atoms with Crippen LogP contribution < -0.4 is 10.1 Å². The number of hydrogen-bond donors (Lipinski definition) is 1. The van der Waals surface area contributed by atoms with Crippen LogP contribution in [-0.2, 0) is 16.1 Å². The van der Waals surface area contributed by atoms with Gasteiger partial charge >= 0.3 is 0 Å². The number of nitrogens with zero attached hydrogens (tertiary/aromatic N) is 3. The standard InChI is InChI=1S/C25H34N4O3/c1-31-23-4-2-3-20(17-23)18-27-12-9-22-5-6-25(30)29(22)19-24(21-7-10-26-11-8-21)28-13-15-32-16-14-28/h2-4,7-8,10-11,17,22,24,27H,5-6,9,12-16,18-19H2,1H3/t22-,24+/m1/s1. The van der Waals surface area contributed by atoms with Gasteiger partial charge in [0, 0.05) is 51.0 Å². The molecule has 0 unspecified atom stereocenters. The first-order valence-electron chi connectivity index (χ1n) is 11.6. The van der Waals surface area contributed by atoms with E-state index in [4.69, 9.17) is 9.47 Å². The number of methoxy groups -OCH3 is 1. The van der Waals surface area contributed by atoms with Gasteiger partial charge in [-0.1, -0.05) is 12.1 Å². The molecule has 0 bridgehead atoms. The molecule has 0 spiro atoms. The molecular formula is C25H34N4O3. The topological polar surface area (TPSA) is 66.9 Å². The largest absolute Gasteiger partial charge is 0.497 e. The number of amides is 1. The Labute approximate surface area is 190 Å². The van der Waals surface area contributed by atoms with E-state index in [1.807, 2.05) is 24.5 Å². The number of morpholine rings is 1. The summed E-state index contributed by atoms with van der Waals surface area (Å²) < 4.78 is 10.9. The van der Waals surface area contributed by atoms with Crippen LogP contribution in [0.1, 0.15) is 36.4 Å². The van der Waals surface area contributed by atoms with Crippen molar-refractivity contribution in [2.75, 3.05) is 46.5 Å². The Morgan fingerprint density at radius 2 is 2.03 bits per heavy atom. The molecule has 2 saturated heterocycles. The molecule has 1 aromatic heterocycles. The van der Waals surface area contributed by atoms with Gasteiger partial charge in [-0.05, 0) is 54.8 Å². The molecule has 7 nitrogen and oxygen atoms in total. The minimum atomic E-state index is 0.177. The van der Waals surface area contributed by atoms with Gasteiger partial charge in [-0.15, -0.1) is 0 Å². The van der Waals surface area contributed by atoms with Crippen LogP contribution in [0, 0.1) is 0 Å². The quantitative estimate of drug-likeness (QED) is 0.576. The van der Waals surface area contributed by atoms with Crippen molar-refractivity contribution in [3.8, 4) is 5.75 Å². The Morgan fingerprint density at radius 1 is 1.22 bits per heavy atom. The average Bonchev–Trinajstić information content (AvgIpc) is 3.20. The summed E-state index contributed by atoms with van der Waals surface area (Å²) in [7, 11) is 1.69. The van der Waals surface area contributed by atoms with Gasteiger partial charge in [-0.25, -0.2) is 0 Å². The number of nitrogens with one attached hydrogen (secondary N) is 1. The third kappa shape index (κ3) is 5.85. The molecule has 4 rings (SSSR count). The molecule has 0 saturated carbocycles. The van der Waals surface area contributed by atoms with Gasteiger partial charge in [0.25, 0.3) is 0 Å².